The van der Waals surface area contributed by atoms with Crippen molar-refractivity contribution in [2.45, 2.75) is 44.2 Å². The molecular weight excluding hydrogens is 306 g/mol. The fourth-order valence-electron chi connectivity index (χ4n) is 4.40. The van der Waals surface area contributed by atoms with Crippen LogP contribution in [-0.4, -0.2) is 40.1 Å². The van der Waals surface area contributed by atoms with Gasteiger partial charge in [0.2, 0.25) is 17.5 Å². The number of hydrogen-bond donors (Lipinski definition) is 2. The molecule has 2 unspecified atom stereocenters. The maximum atomic E-state index is 12.4. The van der Waals surface area contributed by atoms with Crippen LogP contribution in [0.15, 0.2) is 12.2 Å². The fraction of sp³-hybridized carbons (Fsp3) is 0.688. The van der Waals surface area contributed by atoms with Crippen LogP contribution in [0.1, 0.15) is 32.6 Å². The van der Waals surface area contributed by atoms with Crippen molar-refractivity contribution < 1.29 is 19.5 Å². The molecule has 2 fully saturated rings. The van der Waals surface area contributed by atoms with Crippen LogP contribution in [0, 0.1) is 17.3 Å². The van der Waals surface area contributed by atoms with Crippen molar-refractivity contribution in [3.63, 3.8) is 0 Å². The molecule has 0 radical (unpaired) electrons. The van der Waals surface area contributed by atoms with Crippen LogP contribution in [0.3, 0.4) is 0 Å². The Labute approximate surface area is 134 Å². The number of nitrogens with one attached hydrogen (secondary N) is 1. The van der Waals surface area contributed by atoms with Crippen LogP contribution in [0.2, 0.25) is 0 Å². The highest BCUT2D eigenvalue weighted by Crippen LogP contribution is 2.57. The third-order valence-electron chi connectivity index (χ3n) is 5.73. The van der Waals surface area contributed by atoms with E-state index in [1.165, 1.54) is 0 Å². The summed E-state index contributed by atoms with van der Waals surface area (Å²) in [6, 6.07) is 0. The molecule has 6 heteroatoms. The number of amides is 1. The average molecular weight is 326 g/mol. The number of aliphatic hydroxyl groups excluding tert-OH is 1. The topological polar surface area (TPSA) is 83.5 Å². The van der Waals surface area contributed by atoms with E-state index >= 15 is 0 Å². The van der Waals surface area contributed by atoms with Crippen molar-refractivity contribution in [1.82, 2.24) is 5.32 Å². The minimum absolute atomic E-state index is 0.222. The third kappa shape index (κ3) is 1.67. The number of alkyl halides is 1. The molecule has 1 aliphatic heterocycles. The fourth-order valence-corrected chi connectivity index (χ4v) is 4.62. The summed E-state index contributed by atoms with van der Waals surface area (Å²) < 4.78 is 0. The lowest BCUT2D eigenvalue weighted by molar-refractivity contribution is -0.174. The molecular formula is C16H20ClNO4. The maximum Gasteiger partial charge on any atom is 0.228 e. The molecule has 3 aliphatic rings. The van der Waals surface area contributed by atoms with Gasteiger partial charge in [0.15, 0.2) is 0 Å². The van der Waals surface area contributed by atoms with Gasteiger partial charge in [-0.3, -0.25) is 14.4 Å². The number of carbonyl (C=O) groups is 3. The van der Waals surface area contributed by atoms with Crippen LogP contribution in [0.25, 0.3) is 0 Å². The number of ketones is 2. The van der Waals surface area contributed by atoms with Crippen LogP contribution >= 0.6 is 11.6 Å². The summed E-state index contributed by atoms with van der Waals surface area (Å²) in [7, 11) is 0. The molecule has 2 aliphatic carbocycles. The molecule has 0 aromatic carbocycles. The van der Waals surface area contributed by atoms with E-state index in [1.807, 2.05) is 12.2 Å². The van der Waals surface area contributed by atoms with Crippen molar-refractivity contribution >= 4 is 29.1 Å². The maximum absolute atomic E-state index is 12.4. The average Bonchev–Trinajstić information content (AvgIpc) is 2.75. The first-order valence-electron chi connectivity index (χ1n) is 7.73. The Hall–Kier alpha value is -1.20. The van der Waals surface area contributed by atoms with Gasteiger partial charge in [-0.25, -0.2) is 0 Å². The molecule has 5 nitrogen and oxygen atoms in total. The SMILES string of the molecule is C[C@@]12C(=O)C(=O)C1([C@@H](O)C1C=CCCC1)NC(=O)[C@@H]2CCCl. The molecule has 0 aromatic rings. The predicted octanol–water partition coefficient (Wildman–Crippen LogP) is 0.975. The second-order valence-corrected chi connectivity index (χ2v) is 7.03. The predicted molar refractivity (Wildman–Crippen MR) is 80.3 cm³/mol. The molecule has 0 spiro atoms. The van der Waals surface area contributed by atoms with E-state index in [-0.39, 0.29) is 17.7 Å². The number of halogens is 1. The molecule has 0 bridgehead atoms. The molecule has 5 atom stereocenters. The molecule has 2 N–H and O–H groups in total. The second kappa shape index (κ2) is 5.17. The number of fused-ring (bicyclic) bond motifs is 1. The van der Waals surface area contributed by atoms with Crippen molar-refractivity contribution in [1.29, 1.82) is 0 Å². The Morgan fingerprint density at radius 2 is 2.14 bits per heavy atom. The molecule has 1 heterocycles. The highest BCUT2D eigenvalue weighted by Gasteiger charge is 2.81. The van der Waals surface area contributed by atoms with E-state index < -0.39 is 34.5 Å². The number of carbonyl (C=O) groups excluding carboxylic acids is 3. The zero-order chi connectivity index (χ0) is 16.1. The molecule has 22 heavy (non-hydrogen) atoms. The summed E-state index contributed by atoms with van der Waals surface area (Å²) in [5.74, 6) is -2.25. The standard InChI is InChI=1S/C16H20ClNO4/c1-15-10(7-8-17)14(22)18-16(15,13(21)12(15)20)11(19)9-5-3-2-4-6-9/h3,5,9-11,19H,2,4,6-8H2,1H3,(H,18,22)/t9?,10-,11-,15+,16?/m0/s1. The summed E-state index contributed by atoms with van der Waals surface area (Å²) in [6.07, 6.45) is 5.71. The summed E-state index contributed by atoms with van der Waals surface area (Å²) in [4.78, 5) is 37.0. The van der Waals surface area contributed by atoms with Gasteiger partial charge in [-0.2, -0.15) is 0 Å². The zero-order valence-corrected chi connectivity index (χ0v) is 13.2. The molecule has 120 valence electrons. The monoisotopic (exact) mass is 325 g/mol. The van der Waals surface area contributed by atoms with Crippen molar-refractivity contribution in [2.24, 2.45) is 17.3 Å². The zero-order valence-electron chi connectivity index (χ0n) is 12.5. The van der Waals surface area contributed by atoms with E-state index in [1.54, 1.807) is 6.92 Å². The highest BCUT2D eigenvalue weighted by molar-refractivity contribution is 6.53. The summed E-state index contributed by atoms with van der Waals surface area (Å²) in [6.45, 7) is 1.61. The molecule has 0 aromatic heterocycles. The molecule has 1 saturated heterocycles. The van der Waals surface area contributed by atoms with Crippen LogP contribution in [0.4, 0.5) is 0 Å². The first-order valence-corrected chi connectivity index (χ1v) is 8.26. The smallest absolute Gasteiger partial charge is 0.228 e. The van der Waals surface area contributed by atoms with Gasteiger partial charge in [0.25, 0.3) is 0 Å². The lowest BCUT2D eigenvalue weighted by Crippen LogP contribution is -2.80. The first kappa shape index (κ1) is 15.7. The van der Waals surface area contributed by atoms with Crippen LogP contribution in [-0.2, 0) is 14.4 Å². The molecule has 3 rings (SSSR count). The number of aliphatic hydroxyl groups is 1. The number of allylic oxidation sites excluding steroid dienone is 1. The Morgan fingerprint density at radius 3 is 2.73 bits per heavy atom. The third-order valence-corrected chi connectivity index (χ3v) is 5.95. The molecule has 1 amide bonds. The van der Waals surface area contributed by atoms with Crippen molar-refractivity contribution in [3.8, 4) is 0 Å². The van der Waals surface area contributed by atoms with E-state index in [0.717, 1.165) is 19.3 Å². The molecule has 1 saturated carbocycles. The van der Waals surface area contributed by atoms with E-state index in [2.05, 4.69) is 5.32 Å². The summed E-state index contributed by atoms with van der Waals surface area (Å²) in [5, 5.41) is 13.5. The van der Waals surface area contributed by atoms with Gasteiger partial charge >= 0.3 is 0 Å². The van der Waals surface area contributed by atoms with Crippen LogP contribution in [0.5, 0.6) is 0 Å². The van der Waals surface area contributed by atoms with E-state index in [4.69, 9.17) is 11.6 Å². The number of Topliss-reactive ketones (excluding diaryl/α,β-unsaturated/α-hetero) is 2. The van der Waals surface area contributed by atoms with Gasteiger partial charge in [0.05, 0.1) is 17.4 Å². The summed E-state index contributed by atoms with van der Waals surface area (Å²) in [5.41, 5.74) is -2.68. The first-order chi connectivity index (χ1) is 10.4. The van der Waals surface area contributed by atoms with Gasteiger partial charge in [-0.1, -0.05) is 12.2 Å². The second-order valence-electron chi connectivity index (χ2n) is 6.66. The van der Waals surface area contributed by atoms with Gasteiger partial charge in [0, 0.05) is 11.8 Å². The minimum atomic E-state index is -1.48. The van der Waals surface area contributed by atoms with E-state index in [9.17, 15) is 19.5 Å². The Bertz CT molecular complexity index is 574. The van der Waals surface area contributed by atoms with Gasteiger partial charge in [0.1, 0.15) is 5.54 Å². The highest BCUT2D eigenvalue weighted by atomic mass is 35.5. The van der Waals surface area contributed by atoms with Crippen LogP contribution < -0.4 is 5.32 Å². The van der Waals surface area contributed by atoms with Gasteiger partial charge < -0.3 is 10.4 Å². The van der Waals surface area contributed by atoms with E-state index in [0.29, 0.717) is 6.42 Å². The Morgan fingerprint density at radius 1 is 1.41 bits per heavy atom. The quantitative estimate of drug-likeness (QED) is 0.458. The lowest BCUT2D eigenvalue weighted by atomic mass is 9.47. The largest absolute Gasteiger partial charge is 0.390 e. The van der Waals surface area contributed by atoms with Crippen molar-refractivity contribution in [2.75, 3.05) is 5.88 Å². The lowest BCUT2D eigenvalue weighted by Gasteiger charge is -2.54. The Kier molecular flexibility index (Phi) is 3.68. The van der Waals surface area contributed by atoms with Crippen molar-refractivity contribution in [3.05, 3.63) is 12.2 Å². The van der Waals surface area contributed by atoms with Gasteiger partial charge in [-0.05, 0) is 32.6 Å². The Balaban J connectivity index is 2.01. The summed E-state index contributed by atoms with van der Waals surface area (Å²) >= 11 is 5.75. The van der Waals surface area contributed by atoms with Gasteiger partial charge in [-0.15, -0.1) is 11.6 Å². The normalized spacial score (nSPS) is 41.9. The minimum Gasteiger partial charge on any atom is -0.390 e. The number of rotatable bonds is 4. The number of hydrogen-bond acceptors (Lipinski definition) is 4.